The lowest BCUT2D eigenvalue weighted by atomic mass is 9.87. The molecule has 2 aromatic carbocycles. The molecule has 0 amide bonds. The average Bonchev–Trinajstić information content (AvgIpc) is 2.95. The smallest absolute Gasteiger partial charge is 0.337 e. The Balaban J connectivity index is 1.84. The minimum Gasteiger partial charge on any atom is -0.465 e. The first kappa shape index (κ1) is 16.1. The van der Waals surface area contributed by atoms with Crippen LogP contribution in [0.1, 0.15) is 36.7 Å². The fraction of sp³-hybridized carbons (Fsp3) is 0.263. The molecule has 0 spiro atoms. The lowest BCUT2D eigenvalue weighted by molar-refractivity contribution is 0.0601. The molecule has 0 radical (unpaired) electrons. The summed E-state index contributed by atoms with van der Waals surface area (Å²) in [7, 11) is 1.37. The molecule has 3 rings (SSSR count). The van der Waals surface area contributed by atoms with Gasteiger partial charge in [0.15, 0.2) is 0 Å². The molecule has 0 unspecified atom stereocenters. The number of nitrogens with one attached hydrogen (secondary N) is 2. The molecule has 1 aromatic heterocycles. The maximum atomic E-state index is 11.6. The summed E-state index contributed by atoms with van der Waals surface area (Å²) in [4.78, 5) is 19.3. The molecule has 0 aliphatic heterocycles. The molecule has 0 saturated carbocycles. The number of aromatic amines is 1. The van der Waals surface area contributed by atoms with E-state index in [1.807, 2.05) is 12.1 Å². The van der Waals surface area contributed by atoms with Crippen LogP contribution in [0.15, 0.2) is 42.5 Å². The highest BCUT2D eigenvalue weighted by atomic mass is 16.5. The van der Waals surface area contributed by atoms with Crippen LogP contribution >= 0.6 is 0 Å². The highest BCUT2D eigenvalue weighted by molar-refractivity contribution is 5.94. The van der Waals surface area contributed by atoms with Gasteiger partial charge in [-0.3, -0.25) is 0 Å². The SMILES string of the molecule is COC(=O)c1ccc2nc(Nc3ccc(C(C)(C)C)cc3)[nH]c2c1. The third-order valence-electron chi connectivity index (χ3n) is 3.92. The Morgan fingerprint density at radius 1 is 1.12 bits per heavy atom. The van der Waals surface area contributed by atoms with E-state index in [9.17, 15) is 4.79 Å². The molecule has 24 heavy (non-hydrogen) atoms. The third kappa shape index (κ3) is 3.25. The van der Waals surface area contributed by atoms with Crippen LogP contribution in [0, 0.1) is 0 Å². The van der Waals surface area contributed by atoms with Gasteiger partial charge in [0.05, 0.1) is 23.7 Å². The van der Waals surface area contributed by atoms with Gasteiger partial charge in [-0.1, -0.05) is 32.9 Å². The minimum atomic E-state index is -0.362. The predicted octanol–water partition coefficient (Wildman–Crippen LogP) is 4.39. The summed E-state index contributed by atoms with van der Waals surface area (Å²) >= 11 is 0. The molecule has 0 fully saturated rings. The number of rotatable bonds is 3. The third-order valence-corrected chi connectivity index (χ3v) is 3.92. The summed E-state index contributed by atoms with van der Waals surface area (Å²) in [5, 5.41) is 3.25. The van der Waals surface area contributed by atoms with Crippen LogP contribution < -0.4 is 5.32 Å². The molecular weight excluding hydrogens is 302 g/mol. The average molecular weight is 323 g/mol. The second-order valence-corrected chi connectivity index (χ2v) is 6.76. The van der Waals surface area contributed by atoms with Crippen molar-refractivity contribution in [3.05, 3.63) is 53.6 Å². The van der Waals surface area contributed by atoms with E-state index in [2.05, 4.69) is 48.2 Å². The predicted molar refractivity (Wildman–Crippen MR) is 95.9 cm³/mol. The molecule has 0 aliphatic carbocycles. The Labute approximate surface area is 141 Å². The number of hydrogen-bond donors (Lipinski definition) is 2. The van der Waals surface area contributed by atoms with Crippen LogP contribution in [0.4, 0.5) is 11.6 Å². The zero-order valence-corrected chi connectivity index (χ0v) is 14.3. The lowest BCUT2D eigenvalue weighted by Crippen LogP contribution is -2.10. The van der Waals surface area contributed by atoms with Gasteiger partial charge < -0.3 is 15.0 Å². The van der Waals surface area contributed by atoms with Crippen molar-refractivity contribution in [3.63, 3.8) is 0 Å². The van der Waals surface area contributed by atoms with E-state index >= 15 is 0 Å². The molecule has 0 aliphatic rings. The van der Waals surface area contributed by atoms with E-state index in [4.69, 9.17) is 4.74 Å². The van der Waals surface area contributed by atoms with E-state index in [0.717, 1.165) is 16.7 Å². The Bertz CT molecular complexity index is 874. The molecule has 0 bridgehead atoms. The van der Waals surface area contributed by atoms with E-state index in [0.29, 0.717) is 11.5 Å². The summed E-state index contributed by atoms with van der Waals surface area (Å²) in [6.07, 6.45) is 0. The highest BCUT2D eigenvalue weighted by Gasteiger charge is 2.13. The number of imidazole rings is 1. The summed E-state index contributed by atoms with van der Waals surface area (Å²) in [5.41, 5.74) is 4.43. The van der Waals surface area contributed by atoms with Gasteiger partial charge in [0, 0.05) is 5.69 Å². The number of anilines is 2. The fourth-order valence-corrected chi connectivity index (χ4v) is 2.50. The van der Waals surface area contributed by atoms with E-state index in [1.165, 1.54) is 12.7 Å². The molecular formula is C19H21N3O2. The Kier molecular flexibility index (Phi) is 4.01. The molecule has 3 aromatic rings. The van der Waals surface area contributed by atoms with Crippen LogP contribution in [0.5, 0.6) is 0 Å². The normalized spacial score (nSPS) is 11.5. The Morgan fingerprint density at radius 2 is 1.83 bits per heavy atom. The first-order valence-electron chi connectivity index (χ1n) is 7.82. The Hall–Kier alpha value is -2.82. The molecule has 124 valence electrons. The summed E-state index contributed by atoms with van der Waals surface area (Å²) in [6.45, 7) is 6.56. The van der Waals surface area contributed by atoms with Gasteiger partial charge in [0.25, 0.3) is 0 Å². The number of methoxy groups -OCH3 is 1. The van der Waals surface area contributed by atoms with E-state index in [1.54, 1.807) is 18.2 Å². The number of H-pyrrole nitrogens is 1. The number of esters is 1. The van der Waals surface area contributed by atoms with Crippen molar-refractivity contribution >= 4 is 28.6 Å². The Morgan fingerprint density at radius 3 is 2.46 bits per heavy atom. The minimum absolute atomic E-state index is 0.127. The van der Waals surface area contributed by atoms with Gasteiger partial charge in [-0.2, -0.15) is 0 Å². The van der Waals surface area contributed by atoms with Crippen LogP contribution in [-0.4, -0.2) is 23.0 Å². The second-order valence-electron chi connectivity index (χ2n) is 6.76. The maximum Gasteiger partial charge on any atom is 0.337 e. The van der Waals surface area contributed by atoms with Crippen molar-refractivity contribution in [1.29, 1.82) is 0 Å². The molecule has 5 nitrogen and oxygen atoms in total. The molecule has 0 saturated heterocycles. The topological polar surface area (TPSA) is 67.0 Å². The van der Waals surface area contributed by atoms with Crippen molar-refractivity contribution in [2.75, 3.05) is 12.4 Å². The van der Waals surface area contributed by atoms with Crippen LogP contribution in [0.25, 0.3) is 11.0 Å². The van der Waals surface area contributed by atoms with E-state index < -0.39 is 0 Å². The van der Waals surface area contributed by atoms with Gasteiger partial charge in [-0.15, -0.1) is 0 Å². The van der Waals surface area contributed by atoms with Crippen LogP contribution in [-0.2, 0) is 10.2 Å². The number of carbonyl (C=O) groups is 1. The van der Waals surface area contributed by atoms with Crippen LogP contribution in [0.3, 0.4) is 0 Å². The number of fused-ring (bicyclic) bond motifs is 1. The number of aromatic nitrogens is 2. The second kappa shape index (κ2) is 6.00. The molecule has 1 heterocycles. The highest BCUT2D eigenvalue weighted by Crippen LogP contribution is 2.25. The summed E-state index contributed by atoms with van der Waals surface area (Å²) in [5.74, 6) is 0.273. The van der Waals surface area contributed by atoms with Gasteiger partial charge >= 0.3 is 5.97 Å². The number of ether oxygens (including phenoxy) is 1. The van der Waals surface area contributed by atoms with Gasteiger partial charge in [0.2, 0.25) is 5.95 Å². The standard InChI is InChI=1S/C19H21N3O2/c1-19(2,3)13-6-8-14(9-7-13)20-18-21-15-10-5-12(17(23)24-4)11-16(15)22-18/h5-11H,1-4H3,(H2,20,21,22). The zero-order valence-electron chi connectivity index (χ0n) is 14.3. The quantitative estimate of drug-likeness (QED) is 0.702. The number of hydrogen-bond acceptors (Lipinski definition) is 4. The summed E-state index contributed by atoms with van der Waals surface area (Å²) in [6, 6.07) is 13.5. The zero-order chi connectivity index (χ0) is 17.3. The first-order chi connectivity index (χ1) is 11.4. The lowest BCUT2D eigenvalue weighted by Gasteiger charge is -2.19. The largest absolute Gasteiger partial charge is 0.465 e. The summed E-state index contributed by atoms with van der Waals surface area (Å²) < 4.78 is 4.74. The van der Waals surface area contributed by atoms with Crippen LogP contribution in [0.2, 0.25) is 0 Å². The molecule has 5 heteroatoms. The van der Waals surface area contributed by atoms with Crippen molar-refractivity contribution in [3.8, 4) is 0 Å². The van der Waals surface area contributed by atoms with Crippen molar-refractivity contribution in [1.82, 2.24) is 9.97 Å². The van der Waals surface area contributed by atoms with Gasteiger partial charge in [0.1, 0.15) is 0 Å². The van der Waals surface area contributed by atoms with Crippen molar-refractivity contribution in [2.45, 2.75) is 26.2 Å². The number of carbonyl (C=O) groups excluding carboxylic acids is 1. The monoisotopic (exact) mass is 323 g/mol. The van der Waals surface area contributed by atoms with Gasteiger partial charge in [-0.05, 0) is 41.3 Å². The molecule has 2 N–H and O–H groups in total. The van der Waals surface area contributed by atoms with Gasteiger partial charge in [-0.25, -0.2) is 9.78 Å². The van der Waals surface area contributed by atoms with Crippen molar-refractivity contribution < 1.29 is 9.53 Å². The molecule has 0 atom stereocenters. The maximum absolute atomic E-state index is 11.6. The number of nitrogens with zero attached hydrogens (tertiary/aromatic N) is 1. The van der Waals surface area contributed by atoms with Crippen molar-refractivity contribution in [2.24, 2.45) is 0 Å². The first-order valence-corrected chi connectivity index (χ1v) is 7.82. The fourth-order valence-electron chi connectivity index (χ4n) is 2.50. The number of benzene rings is 2. The van der Waals surface area contributed by atoms with E-state index in [-0.39, 0.29) is 11.4 Å².